The molecule has 0 saturated heterocycles. The van der Waals surface area contributed by atoms with Crippen LogP contribution in [0.1, 0.15) is 51.9 Å². The van der Waals surface area contributed by atoms with Gasteiger partial charge in [-0.15, -0.1) is 0 Å². The second-order valence-corrected chi connectivity index (χ2v) is 8.83. The summed E-state index contributed by atoms with van der Waals surface area (Å²) in [4.78, 5) is 16.9. The standard InChI is InChI=1S/C19H34N2O6S.Na/c1-2-3-4-5-6-7-8-9-10-18(24)19-20-11-12-21(19,13-14-22)15-17(23)16-28(25,26)27;/h8-9,17,22-23H,2-7,10-16H2,1H3;/q;+1/b9-8+;. The third-order valence-corrected chi connectivity index (χ3v) is 5.71. The molecular weight excluding hydrogens is 407 g/mol. The fraction of sp³-hybridized carbons (Fsp3) is 0.789. The first-order chi connectivity index (χ1) is 13.2. The Morgan fingerprint density at radius 1 is 1.28 bits per heavy atom. The minimum absolute atomic E-state index is 0. The molecule has 0 aromatic rings. The number of aliphatic hydroxyl groups is 2. The maximum absolute atomic E-state index is 12.6. The van der Waals surface area contributed by atoms with Crippen molar-refractivity contribution in [1.29, 1.82) is 0 Å². The van der Waals surface area contributed by atoms with Crippen molar-refractivity contribution in [1.82, 2.24) is 0 Å². The first kappa shape index (κ1) is 28.9. The molecule has 0 amide bonds. The molecule has 29 heavy (non-hydrogen) atoms. The number of rotatable bonds is 15. The average Bonchev–Trinajstić information content (AvgIpc) is 2.98. The topological polar surface area (TPSA) is 127 Å². The molecule has 10 heteroatoms. The van der Waals surface area contributed by atoms with Crippen LogP contribution in [-0.4, -0.2) is 83.9 Å². The maximum Gasteiger partial charge on any atom is 1.00 e. The summed E-state index contributed by atoms with van der Waals surface area (Å²) in [5.74, 6) is -0.882. The van der Waals surface area contributed by atoms with Crippen molar-refractivity contribution in [2.24, 2.45) is 4.99 Å². The van der Waals surface area contributed by atoms with E-state index in [0.29, 0.717) is 13.1 Å². The number of carbonyl (C=O) groups excluding carboxylic acids is 1. The van der Waals surface area contributed by atoms with Crippen LogP contribution in [0.5, 0.6) is 0 Å². The molecule has 0 aromatic heterocycles. The summed E-state index contributed by atoms with van der Waals surface area (Å²) in [7, 11) is -4.58. The Kier molecular flexibility index (Phi) is 14.7. The van der Waals surface area contributed by atoms with Crippen molar-refractivity contribution < 1.29 is 62.0 Å². The van der Waals surface area contributed by atoms with Crippen molar-refractivity contribution in [2.75, 3.05) is 38.5 Å². The number of unbranched alkanes of at least 4 members (excludes halogenated alkanes) is 5. The molecule has 2 atom stereocenters. The molecular formula is C19H34N2NaO6S+. The number of nitrogens with zero attached hydrogens (tertiary/aromatic N) is 2. The van der Waals surface area contributed by atoms with Gasteiger partial charge >= 0.3 is 29.6 Å². The molecule has 2 N–H and O–H groups in total. The van der Waals surface area contributed by atoms with Crippen molar-refractivity contribution in [3.8, 4) is 0 Å². The van der Waals surface area contributed by atoms with Gasteiger partial charge in [0.05, 0.1) is 29.0 Å². The molecule has 1 heterocycles. The summed E-state index contributed by atoms with van der Waals surface area (Å²) in [6.07, 6.45) is 9.42. The molecule has 0 spiro atoms. The van der Waals surface area contributed by atoms with Crippen LogP contribution in [0.2, 0.25) is 0 Å². The van der Waals surface area contributed by atoms with E-state index in [1.807, 2.05) is 12.2 Å². The Morgan fingerprint density at radius 2 is 1.97 bits per heavy atom. The van der Waals surface area contributed by atoms with Crippen LogP contribution < -0.4 is 29.6 Å². The van der Waals surface area contributed by atoms with Gasteiger partial charge in [-0.2, -0.15) is 0 Å². The summed E-state index contributed by atoms with van der Waals surface area (Å²) >= 11 is 0. The summed E-state index contributed by atoms with van der Waals surface area (Å²) in [5.41, 5.74) is 0. The van der Waals surface area contributed by atoms with E-state index in [-0.39, 0.29) is 71.8 Å². The summed E-state index contributed by atoms with van der Waals surface area (Å²) < 4.78 is 32.6. The number of aliphatic imine (C=N–C) groups is 1. The van der Waals surface area contributed by atoms with Gasteiger partial charge in [0.25, 0.3) is 5.84 Å². The first-order valence-corrected chi connectivity index (χ1v) is 11.6. The van der Waals surface area contributed by atoms with Crippen LogP contribution in [0.25, 0.3) is 0 Å². The Balaban J connectivity index is 0.00000784. The van der Waals surface area contributed by atoms with Gasteiger partial charge in [0.15, 0.2) is 0 Å². The molecule has 8 nitrogen and oxygen atoms in total. The van der Waals surface area contributed by atoms with E-state index < -0.39 is 22.0 Å². The van der Waals surface area contributed by atoms with Crippen LogP contribution in [0.4, 0.5) is 0 Å². The van der Waals surface area contributed by atoms with E-state index in [4.69, 9.17) is 0 Å². The molecule has 0 aliphatic carbocycles. The molecule has 1 rings (SSSR count). The molecule has 2 unspecified atom stereocenters. The molecule has 0 aromatic carbocycles. The van der Waals surface area contributed by atoms with Crippen molar-refractivity contribution in [3.05, 3.63) is 12.2 Å². The minimum atomic E-state index is -4.58. The summed E-state index contributed by atoms with van der Waals surface area (Å²) in [6, 6.07) is 0. The minimum Gasteiger partial charge on any atom is -0.748 e. The van der Waals surface area contributed by atoms with E-state index in [0.717, 1.165) is 12.8 Å². The van der Waals surface area contributed by atoms with Crippen LogP contribution in [-0.2, 0) is 14.9 Å². The number of aliphatic hydroxyl groups excluding tert-OH is 2. The third kappa shape index (κ3) is 11.2. The van der Waals surface area contributed by atoms with Gasteiger partial charge in [0.1, 0.15) is 25.7 Å². The van der Waals surface area contributed by atoms with E-state index >= 15 is 0 Å². The average molecular weight is 442 g/mol. The van der Waals surface area contributed by atoms with Gasteiger partial charge in [0.2, 0.25) is 5.78 Å². The third-order valence-electron chi connectivity index (χ3n) is 4.92. The largest absolute Gasteiger partial charge is 1.00 e. The number of Topliss-reactive ketones (excluding diaryl/α,β-unsaturated/α-hetero) is 1. The predicted molar refractivity (Wildman–Crippen MR) is 107 cm³/mol. The van der Waals surface area contributed by atoms with Gasteiger partial charge in [-0.3, -0.25) is 9.28 Å². The van der Waals surface area contributed by atoms with E-state index in [2.05, 4.69) is 11.9 Å². The number of allylic oxidation sites excluding steroid dienone is 2. The van der Waals surface area contributed by atoms with Crippen LogP contribution in [0.15, 0.2) is 17.1 Å². The molecule has 1 aliphatic heterocycles. The zero-order chi connectivity index (χ0) is 21.0. The fourth-order valence-corrected chi connectivity index (χ4v) is 4.17. The van der Waals surface area contributed by atoms with Gasteiger partial charge < -0.3 is 14.8 Å². The molecule has 1 aliphatic rings. The van der Waals surface area contributed by atoms with Gasteiger partial charge in [-0.25, -0.2) is 13.4 Å². The first-order valence-electron chi connectivity index (χ1n) is 10.1. The zero-order valence-electron chi connectivity index (χ0n) is 17.8. The smallest absolute Gasteiger partial charge is 0.748 e. The number of hydrogen-bond donors (Lipinski definition) is 2. The zero-order valence-corrected chi connectivity index (χ0v) is 20.6. The van der Waals surface area contributed by atoms with Crippen LogP contribution >= 0.6 is 0 Å². The Hall–Kier alpha value is -0.130. The maximum atomic E-state index is 12.6. The van der Waals surface area contributed by atoms with Crippen molar-refractivity contribution in [3.63, 3.8) is 0 Å². The number of hydrogen-bond acceptors (Lipinski definition) is 7. The van der Waals surface area contributed by atoms with E-state index in [1.54, 1.807) is 0 Å². The molecule has 0 bridgehead atoms. The van der Waals surface area contributed by atoms with Crippen LogP contribution in [0, 0.1) is 0 Å². The quantitative estimate of drug-likeness (QED) is 0.0994. The van der Waals surface area contributed by atoms with E-state index in [9.17, 15) is 28.0 Å². The molecule has 0 saturated carbocycles. The SMILES string of the molecule is CCCCCCC/C=C/CC(=O)C1=NCC[N+]1(CCO)CC(O)CS(=O)(=O)[O-].[Na+]. The van der Waals surface area contributed by atoms with Gasteiger partial charge in [-0.05, 0) is 12.8 Å². The second-order valence-electron chi connectivity index (χ2n) is 7.38. The number of ketones is 1. The van der Waals surface area contributed by atoms with E-state index in [1.165, 1.54) is 25.7 Å². The fourth-order valence-electron chi connectivity index (χ4n) is 3.59. The second kappa shape index (κ2) is 14.8. The Labute approximate surface area is 196 Å². The summed E-state index contributed by atoms with van der Waals surface area (Å²) in [6.45, 7) is 2.69. The number of carbonyl (C=O) groups is 1. The van der Waals surface area contributed by atoms with Crippen LogP contribution in [0.3, 0.4) is 0 Å². The van der Waals surface area contributed by atoms with Gasteiger partial charge in [-0.1, -0.05) is 44.8 Å². The summed E-state index contributed by atoms with van der Waals surface area (Å²) in [5, 5.41) is 19.4. The molecule has 162 valence electrons. The predicted octanol–water partition coefficient (Wildman–Crippen LogP) is -2.01. The van der Waals surface area contributed by atoms with Gasteiger partial charge in [0, 0.05) is 6.42 Å². The molecule has 0 radical (unpaired) electrons. The Bertz CT molecular complexity index is 653. The molecule has 0 fully saturated rings. The monoisotopic (exact) mass is 441 g/mol. The number of quaternary nitrogens is 1. The number of amidine groups is 1. The Morgan fingerprint density at radius 3 is 2.59 bits per heavy atom. The van der Waals surface area contributed by atoms with Crippen molar-refractivity contribution >= 4 is 21.7 Å². The normalized spacial score (nSPS) is 20.5. The van der Waals surface area contributed by atoms with Crippen molar-refractivity contribution in [2.45, 2.75) is 58.0 Å².